The summed E-state index contributed by atoms with van der Waals surface area (Å²) >= 11 is 0. The molecule has 0 radical (unpaired) electrons. The molecule has 3 rings (SSSR count). The molecule has 7 heteroatoms. The molecule has 2 N–H and O–H groups in total. The Morgan fingerprint density at radius 2 is 2.00 bits per heavy atom. The quantitative estimate of drug-likeness (QED) is 0.827. The largest absolute Gasteiger partial charge is 0.493 e. The maximum atomic E-state index is 12.4. The summed E-state index contributed by atoms with van der Waals surface area (Å²) in [6, 6.07) is 4.95. The summed E-state index contributed by atoms with van der Waals surface area (Å²) in [6.07, 6.45) is 1.23. The van der Waals surface area contributed by atoms with Crippen LogP contribution in [0.5, 0.6) is 11.5 Å². The fourth-order valence-corrected chi connectivity index (χ4v) is 2.59. The van der Waals surface area contributed by atoms with Crippen LogP contribution in [0.25, 0.3) is 0 Å². The number of carbonyl (C=O) groups is 2. The van der Waals surface area contributed by atoms with E-state index in [9.17, 15) is 9.59 Å². The van der Waals surface area contributed by atoms with Gasteiger partial charge in [0.05, 0.1) is 20.3 Å². The number of carbonyl (C=O) groups excluding carboxylic acids is 2. The predicted octanol–water partition coefficient (Wildman–Crippen LogP) is 0.538. The molecule has 1 aliphatic carbocycles. The molecule has 0 unspecified atom stereocenters. The van der Waals surface area contributed by atoms with Gasteiger partial charge in [0.25, 0.3) is 5.91 Å². The number of amides is 2. The first-order chi connectivity index (χ1) is 11.1. The zero-order chi connectivity index (χ0) is 16.4. The monoisotopic (exact) mass is 320 g/mol. The smallest absolute Gasteiger partial charge is 0.251 e. The lowest BCUT2D eigenvalue weighted by Gasteiger charge is -2.32. The molecular weight excluding hydrogens is 300 g/mol. The SMILES string of the molecule is COc1ccc([C@H]2NC(=O)CO[C@@H]2C(=O)NC2CC2)cc1OC. The summed E-state index contributed by atoms with van der Waals surface area (Å²) in [7, 11) is 3.09. The molecule has 1 saturated heterocycles. The number of hydrogen-bond donors (Lipinski definition) is 2. The van der Waals surface area contributed by atoms with Gasteiger partial charge in [-0.2, -0.15) is 0 Å². The van der Waals surface area contributed by atoms with Gasteiger partial charge in [0.15, 0.2) is 17.6 Å². The van der Waals surface area contributed by atoms with Crippen molar-refractivity contribution in [3.05, 3.63) is 23.8 Å². The van der Waals surface area contributed by atoms with Crippen molar-refractivity contribution in [3.63, 3.8) is 0 Å². The van der Waals surface area contributed by atoms with E-state index < -0.39 is 12.1 Å². The first-order valence-corrected chi connectivity index (χ1v) is 7.55. The Bertz CT molecular complexity index is 614. The second kappa shape index (κ2) is 6.45. The van der Waals surface area contributed by atoms with Crippen molar-refractivity contribution in [2.75, 3.05) is 20.8 Å². The average molecular weight is 320 g/mol. The molecule has 1 saturated carbocycles. The van der Waals surface area contributed by atoms with Crippen LogP contribution in [-0.4, -0.2) is 44.8 Å². The summed E-state index contributed by atoms with van der Waals surface area (Å²) in [5.74, 6) is 0.664. The summed E-state index contributed by atoms with van der Waals surface area (Å²) in [6.45, 7) is -0.119. The normalized spacial score (nSPS) is 23.8. The molecule has 1 aliphatic heterocycles. The highest BCUT2D eigenvalue weighted by Crippen LogP contribution is 2.32. The number of hydrogen-bond acceptors (Lipinski definition) is 5. The van der Waals surface area contributed by atoms with Gasteiger partial charge in [-0.3, -0.25) is 9.59 Å². The maximum absolute atomic E-state index is 12.4. The average Bonchev–Trinajstić information content (AvgIpc) is 3.37. The lowest BCUT2D eigenvalue weighted by molar-refractivity contribution is -0.148. The second-order valence-corrected chi connectivity index (χ2v) is 5.67. The van der Waals surface area contributed by atoms with Crippen LogP contribution in [0.4, 0.5) is 0 Å². The molecule has 2 aliphatic rings. The van der Waals surface area contributed by atoms with Crippen LogP contribution in [-0.2, 0) is 14.3 Å². The van der Waals surface area contributed by atoms with Crippen LogP contribution in [0.15, 0.2) is 18.2 Å². The van der Waals surface area contributed by atoms with E-state index in [2.05, 4.69) is 10.6 Å². The molecule has 7 nitrogen and oxygen atoms in total. The number of ether oxygens (including phenoxy) is 3. The molecule has 0 aromatic heterocycles. The van der Waals surface area contributed by atoms with Crippen molar-refractivity contribution < 1.29 is 23.8 Å². The van der Waals surface area contributed by atoms with Gasteiger partial charge in [-0.25, -0.2) is 0 Å². The fraction of sp³-hybridized carbons (Fsp3) is 0.500. The van der Waals surface area contributed by atoms with Crippen molar-refractivity contribution in [1.29, 1.82) is 0 Å². The number of methoxy groups -OCH3 is 2. The predicted molar refractivity (Wildman–Crippen MR) is 81.3 cm³/mol. The van der Waals surface area contributed by atoms with Gasteiger partial charge in [0.2, 0.25) is 5.91 Å². The molecule has 2 atom stereocenters. The Morgan fingerprint density at radius 1 is 1.26 bits per heavy atom. The van der Waals surface area contributed by atoms with Crippen LogP contribution in [0.1, 0.15) is 24.4 Å². The zero-order valence-corrected chi connectivity index (χ0v) is 13.1. The molecular formula is C16H20N2O5. The van der Waals surface area contributed by atoms with Crippen LogP contribution in [0.2, 0.25) is 0 Å². The van der Waals surface area contributed by atoms with E-state index >= 15 is 0 Å². The van der Waals surface area contributed by atoms with Crippen LogP contribution in [0.3, 0.4) is 0 Å². The Hall–Kier alpha value is -2.28. The third-order valence-corrected chi connectivity index (χ3v) is 3.96. The lowest BCUT2D eigenvalue weighted by Crippen LogP contribution is -2.52. The third kappa shape index (κ3) is 3.39. The van der Waals surface area contributed by atoms with Crippen molar-refractivity contribution in [1.82, 2.24) is 10.6 Å². The Morgan fingerprint density at radius 3 is 2.65 bits per heavy atom. The van der Waals surface area contributed by atoms with Gasteiger partial charge in [-0.1, -0.05) is 6.07 Å². The maximum Gasteiger partial charge on any atom is 0.251 e. The standard InChI is InChI=1S/C16H20N2O5/c1-21-11-6-3-9(7-12(11)22-2)14-15(23-8-13(19)18-14)16(20)17-10-4-5-10/h3,6-7,10,14-15H,4-5,8H2,1-2H3,(H,17,20)(H,18,19)/t14-,15+/m1/s1. The minimum Gasteiger partial charge on any atom is -0.493 e. The Labute approximate surface area is 134 Å². The Kier molecular flexibility index (Phi) is 4.38. The summed E-state index contributed by atoms with van der Waals surface area (Å²) in [4.78, 5) is 24.1. The van der Waals surface area contributed by atoms with Gasteiger partial charge < -0.3 is 24.8 Å². The molecule has 2 fully saturated rings. The minimum absolute atomic E-state index is 0.119. The minimum atomic E-state index is -0.758. The van der Waals surface area contributed by atoms with Crippen molar-refractivity contribution in [3.8, 4) is 11.5 Å². The molecule has 124 valence electrons. The van der Waals surface area contributed by atoms with E-state index in [1.807, 2.05) is 0 Å². The highest BCUT2D eigenvalue weighted by atomic mass is 16.5. The van der Waals surface area contributed by atoms with Crippen molar-refractivity contribution >= 4 is 11.8 Å². The first kappa shape index (κ1) is 15.6. The fourth-order valence-electron chi connectivity index (χ4n) is 2.59. The summed E-state index contributed by atoms with van der Waals surface area (Å²) in [5, 5.41) is 5.74. The van der Waals surface area contributed by atoms with Gasteiger partial charge in [0.1, 0.15) is 6.61 Å². The number of benzene rings is 1. The summed E-state index contributed by atoms with van der Waals surface area (Å²) < 4.78 is 16.0. The van der Waals surface area contributed by atoms with E-state index in [-0.39, 0.29) is 24.5 Å². The highest BCUT2D eigenvalue weighted by molar-refractivity contribution is 5.86. The second-order valence-electron chi connectivity index (χ2n) is 5.67. The van der Waals surface area contributed by atoms with Gasteiger partial charge in [0, 0.05) is 6.04 Å². The number of morpholine rings is 1. The van der Waals surface area contributed by atoms with E-state index in [4.69, 9.17) is 14.2 Å². The Balaban J connectivity index is 1.86. The third-order valence-electron chi connectivity index (χ3n) is 3.96. The van der Waals surface area contributed by atoms with E-state index in [1.54, 1.807) is 25.3 Å². The van der Waals surface area contributed by atoms with Gasteiger partial charge >= 0.3 is 0 Å². The molecule has 2 amide bonds. The molecule has 23 heavy (non-hydrogen) atoms. The molecule has 0 bridgehead atoms. The van der Waals surface area contributed by atoms with Gasteiger partial charge in [-0.05, 0) is 30.5 Å². The van der Waals surface area contributed by atoms with Crippen molar-refractivity contribution in [2.24, 2.45) is 0 Å². The molecule has 1 aromatic rings. The molecule has 1 aromatic carbocycles. The first-order valence-electron chi connectivity index (χ1n) is 7.55. The lowest BCUT2D eigenvalue weighted by atomic mass is 9.98. The number of nitrogens with one attached hydrogen (secondary N) is 2. The zero-order valence-electron chi connectivity index (χ0n) is 13.1. The van der Waals surface area contributed by atoms with Crippen LogP contribution >= 0.6 is 0 Å². The van der Waals surface area contributed by atoms with E-state index in [1.165, 1.54) is 7.11 Å². The topological polar surface area (TPSA) is 85.9 Å². The number of rotatable bonds is 5. The molecule has 0 spiro atoms. The van der Waals surface area contributed by atoms with Crippen molar-refractivity contribution in [2.45, 2.75) is 31.0 Å². The molecule has 1 heterocycles. The highest BCUT2D eigenvalue weighted by Gasteiger charge is 2.38. The van der Waals surface area contributed by atoms with E-state index in [0.29, 0.717) is 11.5 Å². The van der Waals surface area contributed by atoms with Gasteiger partial charge in [-0.15, -0.1) is 0 Å². The van der Waals surface area contributed by atoms with Crippen LogP contribution < -0.4 is 20.1 Å². The van der Waals surface area contributed by atoms with E-state index in [0.717, 1.165) is 18.4 Å². The summed E-state index contributed by atoms with van der Waals surface area (Å²) in [5.41, 5.74) is 0.728. The van der Waals surface area contributed by atoms with Crippen LogP contribution in [0, 0.1) is 0 Å².